The highest BCUT2D eigenvalue weighted by Crippen LogP contribution is 2.22. The van der Waals surface area contributed by atoms with Gasteiger partial charge in [0, 0.05) is 20.1 Å². The molecule has 8 nitrogen and oxygen atoms in total. The number of thioether (sulfide) groups is 1. The van der Waals surface area contributed by atoms with Crippen molar-refractivity contribution in [3.63, 3.8) is 0 Å². The van der Waals surface area contributed by atoms with Crippen LogP contribution in [0, 0.1) is 0 Å². The molecule has 0 fully saturated rings. The van der Waals surface area contributed by atoms with E-state index in [1.807, 2.05) is 52.9 Å². The molecule has 172 valence electrons. The van der Waals surface area contributed by atoms with Crippen LogP contribution in [0.25, 0.3) is 16.7 Å². The number of amides is 1. The highest BCUT2D eigenvalue weighted by Gasteiger charge is 2.18. The molecule has 1 amide bonds. The maximum atomic E-state index is 13.0. The van der Waals surface area contributed by atoms with Crippen LogP contribution < -0.4 is 10.3 Å². The largest absolute Gasteiger partial charge is 0.497 e. The van der Waals surface area contributed by atoms with Crippen LogP contribution in [0.5, 0.6) is 5.75 Å². The first-order chi connectivity index (χ1) is 16.0. The Morgan fingerprint density at radius 2 is 1.97 bits per heavy atom. The van der Waals surface area contributed by atoms with Gasteiger partial charge in [0.05, 0.1) is 23.8 Å². The van der Waals surface area contributed by atoms with E-state index < -0.39 is 0 Å². The van der Waals surface area contributed by atoms with Crippen molar-refractivity contribution in [3.8, 4) is 5.75 Å². The summed E-state index contributed by atoms with van der Waals surface area (Å²) in [5, 5.41) is 9.84. The van der Waals surface area contributed by atoms with Crippen molar-refractivity contribution in [2.45, 2.75) is 38.0 Å². The lowest BCUT2D eigenvalue weighted by Crippen LogP contribution is -2.28. The van der Waals surface area contributed by atoms with E-state index in [-0.39, 0.29) is 17.2 Å². The molecule has 2 heterocycles. The number of carbonyl (C=O) groups excluding carboxylic acids is 1. The molecule has 4 rings (SSSR count). The summed E-state index contributed by atoms with van der Waals surface area (Å²) in [6, 6.07) is 15.1. The standard InChI is InChI=1S/C24H27N5O3S/c1-4-5-13-28-22(31)19-11-6-7-12-20(19)29-23(28)25-26-24(29)33-16-21(30)27(2)15-17-9-8-10-18(14-17)32-3/h6-12,14H,4-5,13,15-16H2,1-3H3. The van der Waals surface area contributed by atoms with E-state index in [1.165, 1.54) is 11.8 Å². The number of para-hydroxylation sites is 1. The topological polar surface area (TPSA) is 81.7 Å². The fourth-order valence-corrected chi connectivity index (χ4v) is 4.59. The minimum atomic E-state index is -0.0652. The SMILES string of the molecule is CCCCn1c(=O)c2ccccc2n2c(SCC(=O)N(C)Cc3cccc(OC)c3)nnc12. The number of benzene rings is 2. The molecule has 0 aliphatic rings. The molecule has 9 heteroatoms. The molecule has 0 saturated heterocycles. The Balaban J connectivity index is 1.58. The van der Waals surface area contributed by atoms with E-state index in [1.54, 1.807) is 23.6 Å². The molecule has 0 N–H and O–H groups in total. The van der Waals surface area contributed by atoms with Crippen molar-refractivity contribution < 1.29 is 9.53 Å². The highest BCUT2D eigenvalue weighted by atomic mass is 32.2. The zero-order valence-electron chi connectivity index (χ0n) is 19.0. The maximum Gasteiger partial charge on any atom is 0.262 e. The Labute approximate surface area is 196 Å². The van der Waals surface area contributed by atoms with Crippen molar-refractivity contribution in [1.29, 1.82) is 0 Å². The third kappa shape index (κ3) is 4.73. The number of aromatic nitrogens is 4. The van der Waals surface area contributed by atoms with Gasteiger partial charge >= 0.3 is 0 Å². The number of nitrogens with zero attached hydrogens (tertiary/aromatic N) is 5. The third-order valence-corrected chi connectivity index (χ3v) is 6.43. The van der Waals surface area contributed by atoms with Gasteiger partial charge < -0.3 is 9.64 Å². The van der Waals surface area contributed by atoms with Gasteiger partial charge in [0.25, 0.3) is 5.56 Å². The predicted octanol–water partition coefficient (Wildman–Crippen LogP) is 3.60. The number of methoxy groups -OCH3 is 1. The van der Waals surface area contributed by atoms with Gasteiger partial charge in [0.15, 0.2) is 5.16 Å². The zero-order chi connectivity index (χ0) is 23.4. The fraction of sp³-hybridized carbons (Fsp3) is 0.333. The number of hydrogen-bond acceptors (Lipinski definition) is 6. The molecular formula is C24H27N5O3S. The van der Waals surface area contributed by atoms with Crippen LogP contribution in [0.1, 0.15) is 25.3 Å². The molecule has 0 bridgehead atoms. The van der Waals surface area contributed by atoms with Crippen LogP contribution in [-0.4, -0.2) is 49.9 Å². The van der Waals surface area contributed by atoms with Crippen molar-refractivity contribution in [2.24, 2.45) is 0 Å². The number of fused-ring (bicyclic) bond motifs is 3. The number of carbonyl (C=O) groups is 1. The fourth-order valence-electron chi connectivity index (χ4n) is 3.71. The van der Waals surface area contributed by atoms with Crippen LogP contribution in [0.4, 0.5) is 0 Å². The summed E-state index contributed by atoms with van der Waals surface area (Å²) < 4.78 is 8.82. The Morgan fingerprint density at radius 3 is 2.76 bits per heavy atom. The Bertz CT molecular complexity index is 1350. The van der Waals surface area contributed by atoms with Gasteiger partial charge in [0.2, 0.25) is 11.7 Å². The van der Waals surface area contributed by atoms with Crippen molar-refractivity contribution in [2.75, 3.05) is 19.9 Å². The molecule has 0 radical (unpaired) electrons. The Morgan fingerprint density at radius 1 is 1.15 bits per heavy atom. The zero-order valence-corrected chi connectivity index (χ0v) is 19.8. The summed E-state index contributed by atoms with van der Waals surface area (Å²) in [6.45, 7) is 3.15. The second-order valence-electron chi connectivity index (χ2n) is 7.84. The lowest BCUT2D eigenvalue weighted by Gasteiger charge is -2.17. The quantitative estimate of drug-likeness (QED) is 0.351. The predicted molar refractivity (Wildman–Crippen MR) is 130 cm³/mol. The smallest absolute Gasteiger partial charge is 0.262 e. The molecule has 0 unspecified atom stereocenters. The van der Waals surface area contributed by atoms with E-state index >= 15 is 0 Å². The number of hydrogen-bond donors (Lipinski definition) is 0. The van der Waals surface area contributed by atoms with Gasteiger partial charge in [-0.15, -0.1) is 10.2 Å². The van der Waals surface area contributed by atoms with Crippen molar-refractivity contribution in [1.82, 2.24) is 24.1 Å². The van der Waals surface area contributed by atoms with Crippen LogP contribution in [0.3, 0.4) is 0 Å². The van der Waals surface area contributed by atoms with Crippen molar-refractivity contribution >= 4 is 34.3 Å². The molecule has 0 aliphatic heterocycles. The normalized spacial score (nSPS) is 11.2. The second kappa shape index (κ2) is 10.1. The monoisotopic (exact) mass is 465 g/mol. The van der Waals surface area contributed by atoms with Gasteiger partial charge in [-0.25, -0.2) is 0 Å². The molecule has 33 heavy (non-hydrogen) atoms. The Hall–Kier alpha value is -3.33. The molecule has 2 aromatic heterocycles. The van der Waals surface area contributed by atoms with Crippen molar-refractivity contribution in [3.05, 3.63) is 64.4 Å². The van der Waals surface area contributed by atoms with Gasteiger partial charge in [-0.2, -0.15) is 0 Å². The molecule has 0 atom stereocenters. The highest BCUT2D eigenvalue weighted by molar-refractivity contribution is 7.99. The number of rotatable bonds is 9. The number of unbranched alkanes of at least 4 members (excludes halogenated alkanes) is 1. The van der Waals surface area contributed by atoms with E-state index in [0.29, 0.717) is 29.4 Å². The van der Waals surface area contributed by atoms with Gasteiger partial charge in [0.1, 0.15) is 5.75 Å². The average Bonchev–Trinajstić information content (AvgIpc) is 3.26. The van der Waals surface area contributed by atoms with Gasteiger partial charge in [-0.3, -0.25) is 18.6 Å². The molecule has 0 saturated carbocycles. The first-order valence-electron chi connectivity index (χ1n) is 10.9. The molecule has 0 aliphatic carbocycles. The molecule has 0 spiro atoms. The minimum absolute atomic E-state index is 0.0248. The molecule has 2 aromatic carbocycles. The first kappa shape index (κ1) is 22.8. The molecule has 4 aromatic rings. The summed E-state index contributed by atoms with van der Waals surface area (Å²) in [6.07, 6.45) is 1.84. The van der Waals surface area contributed by atoms with Crippen LogP contribution in [0.15, 0.2) is 58.5 Å². The van der Waals surface area contributed by atoms with Crippen LogP contribution in [0.2, 0.25) is 0 Å². The number of ether oxygens (including phenoxy) is 1. The van der Waals surface area contributed by atoms with E-state index in [9.17, 15) is 9.59 Å². The van der Waals surface area contributed by atoms with Gasteiger partial charge in [-0.1, -0.05) is 49.4 Å². The lowest BCUT2D eigenvalue weighted by atomic mass is 10.2. The average molecular weight is 466 g/mol. The maximum absolute atomic E-state index is 13.0. The summed E-state index contributed by atoms with van der Waals surface area (Å²) in [7, 11) is 3.40. The summed E-state index contributed by atoms with van der Waals surface area (Å²) in [5.74, 6) is 1.46. The number of aryl methyl sites for hydroxylation is 1. The van der Waals surface area contributed by atoms with Crippen LogP contribution >= 0.6 is 11.8 Å². The summed E-state index contributed by atoms with van der Waals surface area (Å²) in [5.41, 5.74) is 1.67. The van der Waals surface area contributed by atoms with Gasteiger partial charge in [-0.05, 0) is 36.2 Å². The Kier molecular flexibility index (Phi) is 6.98. The summed E-state index contributed by atoms with van der Waals surface area (Å²) >= 11 is 1.32. The lowest BCUT2D eigenvalue weighted by molar-refractivity contribution is -0.127. The summed E-state index contributed by atoms with van der Waals surface area (Å²) in [4.78, 5) is 27.5. The first-order valence-corrected chi connectivity index (χ1v) is 11.9. The van der Waals surface area contributed by atoms with E-state index in [0.717, 1.165) is 29.7 Å². The molecular weight excluding hydrogens is 438 g/mol. The second-order valence-corrected chi connectivity index (χ2v) is 8.78. The minimum Gasteiger partial charge on any atom is -0.497 e. The third-order valence-electron chi connectivity index (χ3n) is 5.52. The van der Waals surface area contributed by atoms with E-state index in [2.05, 4.69) is 17.1 Å². The van der Waals surface area contributed by atoms with E-state index in [4.69, 9.17) is 4.74 Å². The van der Waals surface area contributed by atoms with Crippen LogP contribution in [-0.2, 0) is 17.9 Å².